The smallest absolute Gasteiger partial charge is 0.348 e. The largest absolute Gasteiger partial charge is 0.416 e. The SMILES string of the molecule is FC(F)(F)c1ccc2sc(N3CCC(NC4CC4)CC3)nc2c1. The van der Waals surface area contributed by atoms with Crippen LogP contribution in [0, 0.1) is 0 Å². The van der Waals surface area contributed by atoms with Crippen molar-refractivity contribution in [2.24, 2.45) is 0 Å². The van der Waals surface area contributed by atoms with E-state index in [9.17, 15) is 13.2 Å². The predicted octanol–water partition coefficient (Wildman–Crippen LogP) is 4.04. The molecule has 1 aromatic carbocycles. The molecule has 1 aromatic heterocycles. The van der Waals surface area contributed by atoms with Gasteiger partial charge in [0.25, 0.3) is 0 Å². The van der Waals surface area contributed by atoms with Crippen LogP contribution in [0.5, 0.6) is 0 Å². The summed E-state index contributed by atoms with van der Waals surface area (Å²) in [5.41, 5.74) is -0.188. The first-order valence-corrected chi connectivity index (χ1v) is 8.79. The molecule has 0 unspecified atom stereocenters. The number of benzene rings is 1. The van der Waals surface area contributed by atoms with E-state index in [0.717, 1.165) is 53.9 Å². The molecule has 0 atom stereocenters. The van der Waals surface area contributed by atoms with E-state index >= 15 is 0 Å². The van der Waals surface area contributed by atoms with Gasteiger partial charge in [0, 0.05) is 25.2 Å². The quantitative estimate of drug-likeness (QED) is 0.913. The average molecular weight is 341 g/mol. The summed E-state index contributed by atoms with van der Waals surface area (Å²) in [6, 6.07) is 5.10. The van der Waals surface area contributed by atoms with E-state index in [4.69, 9.17) is 0 Å². The number of hydrogen-bond donors (Lipinski definition) is 1. The lowest BCUT2D eigenvalue weighted by atomic mass is 10.1. The lowest BCUT2D eigenvalue weighted by molar-refractivity contribution is -0.137. The van der Waals surface area contributed by atoms with Crippen molar-refractivity contribution in [2.45, 2.75) is 43.9 Å². The van der Waals surface area contributed by atoms with Gasteiger partial charge in [-0.1, -0.05) is 11.3 Å². The molecular formula is C16H18F3N3S. The van der Waals surface area contributed by atoms with Gasteiger partial charge in [-0.15, -0.1) is 0 Å². The molecule has 2 aliphatic rings. The average Bonchev–Trinajstić information content (AvgIpc) is 3.22. The van der Waals surface area contributed by atoms with Gasteiger partial charge in [0.15, 0.2) is 5.13 Å². The molecular weight excluding hydrogens is 323 g/mol. The van der Waals surface area contributed by atoms with E-state index in [0.29, 0.717) is 11.6 Å². The van der Waals surface area contributed by atoms with E-state index in [-0.39, 0.29) is 0 Å². The third-order valence-corrected chi connectivity index (χ3v) is 5.62. The molecule has 0 radical (unpaired) electrons. The Balaban J connectivity index is 1.48. The minimum atomic E-state index is -4.31. The molecule has 0 spiro atoms. The van der Waals surface area contributed by atoms with E-state index in [1.165, 1.54) is 30.2 Å². The molecule has 124 valence electrons. The predicted molar refractivity (Wildman–Crippen MR) is 86.0 cm³/mol. The number of fused-ring (bicyclic) bond motifs is 1. The van der Waals surface area contributed by atoms with Crippen LogP contribution < -0.4 is 10.2 Å². The van der Waals surface area contributed by atoms with Crippen LogP contribution in [0.1, 0.15) is 31.2 Å². The molecule has 1 aliphatic heterocycles. The maximum Gasteiger partial charge on any atom is 0.416 e. The van der Waals surface area contributed by atoms with Crippen molar-refractivity contribution in [3.8, 4) is 0 Å². The number of alkyl halides is 3. The molecule has 7 heteroatoms. The number of anilines is 1. The molecule has 3 nitrogen and oxygen atoms in total. The summed E-state index contributed by atoms with van der Waals surface area (Å²) >= 11 is 1.48. The van der Waals surface area contributed by atoms with Crippen molar-refractivity contribution >= 4 is 26.7 Å². The van der Waals surface area contributed by atoms with Gasteiger partial charge < -0.3 is 10.2 Å². The summed E-state index contributed by atoms with van der Waals surface area (Å²) in [4.78, 5) is 6.63. The Bertz CT molecular complexity index is 700. The Morgan fingerprint density at radius 3 is 2.43 bits per heavy atom. The zero-order chi connectivity index (χ0) is 16.0. The van der Waals surface area contributed by atoms with Gasteiger partial charge in [-0.3, -0.25) is 0 Å². The van der Waals surface area contributed by atoms with Crippen LogP contribution in [0.25, 0.3) is 10.2 Å². The van der Waals surface area contributed by atoms with Crippen molar-refractivity contribution in [2.75, 3.05) is 18.0 Å². The number of nitrogens with zero attached hydrogens (tertiary/aromatic N) is 2. The van der Waals surface area contributed by atoms with E-state index in [1.807, 2.05) is 0 Å². The second-order valence-corrected chi connectivity index (χ2v) is 7.39. The van der Waals surface area contributed by atoms with Gasteiger partial charge in [0.1, 0.15) is 0 Å². The second-order valence-electron chi connectivity index (χ2n) is 6.38. The molecule has 2 aromatic rings. The Morgan fingerprint density at radius 1 is 1.09 bits per heavy atom. The zero-order valence-corrected chi connectivity index (χ0v) is 13.4. The van der Waals surface area contributed by atoms with E-state index in [1.54, 1.807) is 0 Å². The molecule has 1 saturated carbocycles. The van der Waals surface area contributed by atoms with Crippen molar-refractivity contribution < 1.29 is 13.2 Å². The highest BCUT2D eigenvalue weighted by molar-refractivity contribution is 7.22. The van der Waals surface area contributed by atoms with Crippen LogP contribution in [-0.4, -0.2) is 30.2 Å². The van der Waals surface area contributed by atoms with Gasteiger partial charge in [-0.05, 0) is 43.9 Å². The lowest BCUT2D eigenvalue weighted by Gasteiger charge is -2.32. The van der Waals surface area contributed by atoms with Crippen LogP contribution in [-0.2, 0) is 6.18 Å². The van der Waals surface area contributed by atoms with Gasteiger partial charge in [-0.25, -0.2) is 4.98 Å². The third-order valence-electron chi connectivity index (χ3n) is 4.52. The Kier molecular flexibility index (Phi) is 3.72. The molecule has 0 amide bonds. The van der Waals surface area contributed by atoms with E-state index < -0.39 is 11.7 Å². The molecule has 1 saturated heterocycles. The van der Waals surface area contributed by atoms with Crippen LogP contribution in [0.2, 0.25) is 0 Å². The molecule has 2 fully saturated rings. The van der Waals surface area contributed by atoms with Gasteiger partial charge in [-0.2, -0.15) is 13.2 Å². The van der Waals surface area contributed by atoms with Crippen LogP contribution >= 0.6 is 11.3 Å². The Morgan fingerprint density at radius 2 is 1.78 bits per heavy atom. The highest BCUT2D eigenvalue weighted by atomic mass is 32.1. The maximum absolute atomic E-state index is 12.8. The fourth-order valence-electron chi connectivity index (χ4n) is 3.05. The molecule has 23 heavy (non-hydrogen) atoms. The fraction of sp³-hybridized carbons (Fsp3) is 0.562. The summed E-state index contributed by atoms with van der Waals surface area (Å²) in [5.74, 6) is 0. The number of aromatic nitrogens is 1. The molecule has 4 rings (SSSR count). The molecule has 1 N–H and O–H groups in total. The molecule has 1 aliphatic carbocycles. The van der Waals surface area contributed by atoms with Crippen LogP contribution in [0.3, 0.4) is 0 Å². The minimum absolute atomic E-state index is 0.443. The number of piperidine rings is 1. The number of rotatable bonds is 3. The summed E-state index contributed by atoms with van der Waals surface area (Å²) in [5, 5.41) is 4.48. The van der Waals surface area contributed by atoms with Crippen molar-refractivity contribution in [3.05, 3.63) is 23.8 Å². The standard InChI is InChI=1S/C16H18F3N3S/c17-16(18,19)10-1-4-14-13(9-10)21-15(23-14)22-7-5-12(6-8-22)20-11-2-3-11/h1,4,9,11-12,20H,2-3,5-8H2. The first-order valence-electron chi connectivity index (χ1n) is 7.98. The normalized spacial score (nSPS) is 20.4. The summed E-state index contributed by atoms with van der Waals surface area (Å²) in [6.07, 6.45) is 0.407. The molecule has 0 bridgehead atoms. The Labute approximate surface area is 136 Å². The van der Waals surface area contributed by atoms with Crippen LogP contribution in [0.15, 0.2) is 18.2 Å². The number of hydrogen-bond acceptors (Lipinski definition) is 4. The lowest BCUT2D eigenvalue weighted by Crippen LogP contribution is -2.43. The number of thiazole rings is 1. The van der Waals surface area contributed by atoms with Gasteiger partial charge in [0.2, 0.25) is 0 Å². The van der Waals surface area contributed by atoms with E-state index in [2.05, 4.69) is 15.2 Å². The van der Waals surface area contributed by atoms with Crippen molar-refractivity contribution in [1.82, 2.24) is 10.3 Å². The van der Waals surface area contributed by atoms with Crippen molar-refractivity contribution in [1.29, 1.82) is 0 Å². The Hall–Kier alpha value is -1.34. The molecule has 2 heterocycles. The maximum atomic E-state index is 12.8. The van der Waals surface area contributed by atoms with Gasteiger partial charge >= 0.3 is 6.18 Å². The first kappa shape index (κ1) is 15.2. The highest BCUT2D eigenvalue weighted by Gasteiger charge is 2.31. The second kappa shape index (κ2) is 5.63. The van der Waals surface area contributed by atoms with Gasteiger partial charge in [0.05, 0.1) is 15.8 Å². The number of halogens is 3. The summed E-state index contributed by atoms with van der Waals surface area (Å²) < 4.78 is 39.2. The van der Waals surface area contributed by atoms with Crippen LogP contribution in [0.4, 0.5) is 18.3 Å². The number of nitrogens with one attached hydrogen (secondary N) is 1. The topological polar surface area (TPSA) is 28.2 Å². The van der Waals surface area contributed by atoms with Crippen molar-refractivity contribution in [3.63, 3.8) is 0 Å². The summed E-state index contributed by atoms with van der Waals surface area (Å²) in [6.45, 7) is 1.83. The monoisotopic (exact) mass is 341 g/mol. The third kappa shape index (κ3) is 3.30. The fourth-order valence-corrected chi connectivity index (χ4v) is 4.05. The first-order chi connectivity index (χ1) is 11.0. The zero-order valence-electron chi connectivity index (χ0n) is 12.6. The minimum Gasteiger partial charge on any atom is -0.348 e. The summed E-state index contributed by atoms with van der Waals surface area (Å²) in [7, 11) is 0. The highest BCUT2D eigenvalue weighted by Crippen LogP contribution is 2.35.